The minimum Gasteiger partial charge on any atom is -0.379 e. The molecule has 18 heavy (non-hydrogen) atoms. The second kappa shape index (κ2) is 5.87. The first-order chi connectivity index (χ1) is 8.69. The molecule has 94 valence electrons. The van der Waals surface area contributed by atoms with Crippen molar-refractivity contribution in [3.8, 4) is 0 Å². The molecule has 0 spiro atoms. The quantitative estimate of drug-likeness (QED) is 0.846. The molecule has 0 saturated carbocycles. The minimum absolute atomic E-state index is 0.287. The Hall–Kier alpha value is -1.54. The Labute approximate surface area is 112 Å². The molecule has 1 nitrogen and oxygen atoms in total. The van der Waals surface area contributed by atoms with Crippen LogP contribution in [0.5, 0.6) is 0 Å². The summed E-state index contributed by atoms with van der Waals surface area (Å²) < 4.78 is 13.5. The Balaban J connectivity index is 2.04. The number of hydrogen-bond acceptors (Lipinski definition) is 1. The van der Waals surface area contributed by atoms with Gasteiger partial charge in [-0.05, 0) is 35.7 Å². The van der Waals surface area contributed by atoms with Gasteiger partial charge in [-0.15, -0.1) is 0 Å². The van der Waals surface area contributed by atoms with E-state index in [-0.39, 0.29) is 5.82 Å². The zero-order valence-electron chi connectivity index (χ0n) is 10.2. The lowest BCUT2D eigenvalue weighted by molar-refractivity contribution is 0.630. The average molecular weight is 264 g/mol. The van der Waals surface area contributed by atoms with E-state index >= 15 is 0 Å². The van der Waals surface area contributed by atoms with Crippen molar-refractivity contribution in [3.05, 3.63) is 64.4 Å². The molecule has 0 bridgehead atoms. The maximum Gasteiger partial charge on any atom is 0.146 e. The smallest absolute Gasteiger partial charge is 0.146 e. The topological polar surface area (TPSA) is 12.0 Å². The summed E-state index contributed by atoms with van der Waals surface area (Å²) in [5.41, 5.74) is 2.85. The Morgan fingerprint density at radius 3 is 2.39 bits per heavy atom. The molecule has 3 heteroatoms. The predicted octanol–water partition coefficient (Wildman–Crippen LogP) is 4.65. The van der Waals surface area contributed by atoms with E-state index in [1.54, 1.807) is 6.07 Å². The van der Waals surface area contributed by atoms with Crippen LogP contribution in [0.3, 0.4) is 0 Å². The van der Waals surface area contributed by atoms with Gasteiger partial charge in [0.1, 0.15) is 5.82 Å². The van der Waals surface area contributed by atoms with E-state index in [0.29, 0.717) is 17.3 Å². The first-order valence-electron chi connectivity index (χ1n) is 5.96. The molecule has 0 aliphatic carbocycles. The van der Waals surface area contributed by atoms with Crippen molar-refractivity contribution in [3.63, 3.8) is 0 Å². The number of rotatable bonds is 4. The van der Waals surface area contributed by atoms with Gasteiger partial charge in [-0.3, -0.25) is 0 Å². The molecule has 0 amide bonds. The molecule has 0 unspecified atom stereocenters. The third-order valence-electron chi connectivity index (χ3n) is 2.84. The molecule has 1 N–H and O–H groups in total. The van der Waals surface area contributed by atoms with Gasteiger partial charge in [0.2, 0.25) is 0 Å². The summed E-state index contributed by atoms with van der Waals surface area (Å²) in [6, 6.07) is 12.8. The summed E-state index contributed by atoms with van der Waals surface area (Å²) in [4.78, 5) is 0. The van der Waals surface area contributed by atoms with Crippen LogP contribution >= 0.6 is 11.6 Å². The van der Waals surface area contributed by atoms with E-state index in [1.165, 1.54) is 17.7 Å². The molecular formula is C15H15ClFN. The minimum atomic E-state index is -0.287. The predicted molar refractivity (Wildman–Crippen MR) is 74.6 cm³/mol. The highest BCUT2D eigenvalue weighted by molar-refractivity contribution is 6.30. The van der Waals surface area contributed by atoms with Crippen molar-refractivity contribution >= 4 is 17.3 Å². The van der Waals surface area contributed by atoms with Gasteiger partial charge >= 0.3 is 0 Å². The van der Waals surface area contributed by atoms with Crippen molar-refractivity contribution < 1.29 is 4.39 Å². The van der Waals surface area contributed by atoms with Gasteiger partial charge in [0, 0.05) is 11.6 Å². The van der Waals surface area contributed by atoms with Crippen molar-refractivity contribution in [2.45, 2.75) is 19.9 Å². The summed E-state index contributed by atoms with van der Waals surface area (Å²) in [6.45, 7) is 2.70. The highest BCUT2D eigenvalue weighted by Crippen LogP contribution is 2.20. The van der Waals surface area contributed by atoms with Crippen LogP contribution in [-0.2, 0) is 13.0 Å². The molecule has 0 fully saturated rings. The van der Waals surface area contributed by atoms with E-state index in [0.717, 1.165) is 12.0 Å². The van der Waals surface area contributed by atoms with E-state index in [9.17, 15) is 4.39 Å². The standard InChI is InChI=1S/C15H15ClFN/c1-2-11-3-5-12(6-4-11)10-18-15-9-13(16)7-8-14(15)17/h3-9,18H,2,10H2,1H3. The Kier molecular flexibility index (Phi) is 4.21. The van der Waals surface area contributed by atoms with Gasteiger partial charge in [0.25, 0.3) is 0 Å². The third-order valence-corrected chi connectivity index (χ3v) is 3.08. The normalized spacial score (nSPS) is 10.4. The monoisotopic (exact) mass is 263 g/mol. The lowest BCUT2D eigenvalue weighted by Crippen LogP contribution is -2.01. The van der Waals surface area contributed by atoms with Crippen LogP contribution in [0.1, 0.15) is 18.1 Å². The third kappa shape index (κ3) is 3.23. The SMILES string of the molecule is CCc1ccc(CNc2cc(Cl)ccc2F)cc1. The lowest BCUT2D eigenvalue weighted by Gasteiger charge is -2.08. The van der Waals surface area contributed by atoms with Crippen LogP contribution in [0.15, 0.2) is 42.5 Å². The van der Waals surface area contributed by atoms with Crippen LogP contribution < -0.4 is 5.32 Å². The van der Waals surface area contributed by atoms with Gasteiger partial charge in [0.15, 0.2) is 0 Å². The average Bonchev–Trinajstić information content (AvgIpc) is 2.40. The maximum absolute atomic E-state index is 13.5. The molecule has 2 rings (SSSR count). The second-order valence-corrected chi connectivity index (χ2v) is 4.58. The fourth-order valence-corrected chi connectivity index (χ4v) is 1.90. The summed E-state index contributed by atoms with van der Waals surface area (Å²) in [5.74, 6) is -0.287. The molecule has 2 aromatic carbocycles. The van der Waals surface area contributed by atoms with E-state index in [2.05, 4.69) is 24.4 Å². The summed E-state index contributed by atoms with van der Waals surface area (Å²) in [6.07, 6.45) is 1.02. The summed E-state index contributed by atoms with van der Waals surface area (Å²) >= 11 is 5.83. The van der Waals surface area contributed by atoms with E-state index in [1.807, 2.05) is 12.1 Å². The first-order valence-corrected chi connectivity index (χ1v) is 6.33. The number of halogens is 2. The van der Waals surface area contributed by atoms with Gasteiger partial charge in [-0.25, -0.2) is 4.39 Å². The fourth-order valence-electron chi connectivity index (χ4n) is 1.72. The maximum atomic E-state index is 13.5. The number of benzene rings is 2. The number of hydrogen-bond donors (Lipinski definition) is 1. The van der Waals surface area contributed by atoms with Crippen LogP contribution in [0.25, 0.3) is 0 Å². The number of aryl methyl sites for hydroxylation is 1. The summed E-state index contributed by atoms with van der Waals surface area (Å²) in [7, 11) is 0. The van der Waals surface area contributed by atoms with Crippen LogP contribution in [-0.4, -0.2) is 0 Å². The first kappa shape index (κ1) is 12.9. The molecule has 0 radical (unpaired) electrons. The van der Waals surface area contributed by atoms with Crippen molar-refractivity contribution in [2.75, 3.05) is 5.32 Å². The number of anilines is 1. The van der Waals surface area contributed by atoms with Crippen LogP contribution in [0, 0.1) is 5.82 Å². The van der Waals surface area contributed by atoms with E-state index in [4.69, 9.17) is 11.6 Å². The lowest BCUT2D eigenvalue weighted by atomic mass is 10.1. The molecule has 0 aromatic heterocycles. The van der Waals surface area contributed by atoms with Crippen LogP contribution in [0.2, 0.25) is 5.02 Å². The zero-order chi connectivity index (χ0) is 13.0. The fraction of sp³-hybridized carbons (Fsp3) is 0.200. The number of nitrogens with one attached hydrogen (secondary N) is 1. The van der Waals surface area contributed by atoms with Gasteiger partial charge < -0.3 is 5.32 Å². The van der Waals surface area contributed by atoms with Crippen molar-refractivity contribution in [1.82, 2.24) is 0 Å². The van der Waals surface area contributed by atoms with Gasteiger partial charge in [0.05, 0.1) is 5.69 Å². The molecule has 0 saturated heterocycles. The van der Waals surface area contributed by atoms with Crippen molar-refractivity contribution in [1.29, 1.82) is 0 Å². The summed E-state index contributed by atoms with van der Waals surface area (Å²) in [5, 5.41) is 3.58. The van der Waals surface area contributed by atoms with Gasteiger partial charge in [-0.1, -0.05) is 42.8 Å². The van der Waals surface area contributed by atoms with Crippen LogP contribution in [0.4, 0.5) is 10.1 Å². The highest BCUT2D eigenvalue weighted by atomic mass is 35.5. The molecular weight excluding hydrogens is 249 g/mol. The largest absolute Gasteiger partial charge is 0.379 e. The van der Waals surface area contributed by atoms with Crippen molar-refractivity contribution in [2.24, 2.45) is 0 Å². The Morgan fingerprint density at radius 2 is 1.72 bits per heavy atom. The molecule has 0 aliphatic rings. The highest BCUT2D eigenvalue weighted by Gasteiger charge is 2.02. The Bertz CT molecular complexity index is 523. The van der Waals surface area contributed by atoms with Gasteiger partial charge in [-0.2, -0.15) is 0 Å². The zero-order valence-corrected chi connectivity index (χ0v) is 11.0. The molecule has 0 heterocycles. The molecule has 0 atom stereocenters. The van der Waals surface area contributed by atoms with E-state index < -0.39 is 0 Å². The second-order valence-electron chi connectivity index (χ2n) is 4.15. The Morgan fingerprint density at radius 1 is 1.06 bits per heavy atom. The molecule has 2 aromatic rings. The molecule has 0 aliphatic heterocycles.